The van der Waals surface area contributed by atoms with Crippen LogP contribution in [0.2, 0.25) is 0 Å². The number of nitrogens with zero attached hydrogens (tertiary/aromatic N) is 6. The molecule has 2 saturated heterocycles. The molecule has 2 aromatic carbocycles. The number of fused-ring (bicyclic) bond motifs is 1. The van der Waals surface area contributed by atoms with Crippen LogP contribution in [0.25, 0.3) is 22.3 Å². The maximum absolute atomic E-state index is 15.5. The first kappa shape index (κ1) is 28.2. The van der Waals surface area contributed by atoms with Crippen LogP contribution in [0.5, 0.6) is 11.5 Å². The number of nitrogens with one attached hydrogen (secondary N) is 1. The van der Waals surface area contributed by atoms with Crippen molar-refractivity contribution < 1.29 is 22.7 Å². The predicted molar refractivity (Wildman–Crippen MR) is 151 cm³/mol. The van der Waals surface area contributed by atoms with Crippen molar-refractivity contribution in [1.29, 1.82) is 5.26 Å². The molecule has 1 unspecified atom stereocenters. The van der Waals surface area contributed by atoms with E-state index < -0.39 is 17.5 Å². The topological polar surface area (TPSA) is 135 Å². The molecule has 4 heterocycles. The van der Waals surface area contributed by atoms with Crippen LogP contribution in [-0.4, -0.2) is 55.7 Å². The Kier molecular flexibility index (Phi) is 7.69. The van der Waals surface area contributed by atoms with Crippen LogP contribution in [0.4, 0.5) is 19.0 Å². The number of hydrogen-bond acceptors (Lipinski definition) is 8. The third-order valence-electron chi connectivity index (χ3n) is 7.74. The lowest BCUT2D eigenvalue weighted by Crippen LogP contribution is -2.39. The highest BCUT2D eigenvalue weighted by molar-refractivity contribution is 5.99. The number of likely N-dealkylation sites (tertiary alicyclic amines) is 1. The van der Waals surface area contributed by atoms with Crippen molar-refractivity contribution in [3.05, 3.63) is 71.8 Å². The fraction of sp³-hybridized carbons (Fsp3) is 0.300. The van der Waals surface area contributed by atoms with Gasteiger partial charge in [-0.05, 0) is 62.6 Å². The molecule has 43 heavy (non-hydrogen) atoms. The number of hydrogen-bond donors (Lipinski definition) is 2. The molecule has 2 aliphatic heterocycles. The zero-order valence-corrected chi connectivity index (χ0v) is 22.9. The number of nitriles is 1. The molecule has 1 amide bonds. The average Bonchev–Trinajstić information content (AvgIpc) is 3.76. The standard InChI is InChI=1S/C30H27F3N8O2/c31-22-6-1-7-24(26(22)33)43-20-8-9-21(23(32)13-20)27-25-28(35)37-16-38-29(25)41(39-27)15-19-5-3-11-40(19)30(42)17(14-34)12-18-4-2-10-36-18/h1,6-9,12-13,16,18-19,36H,2-5,10-11,15H2,(H2,35,37,38)/b17-12+/t18?,19-/m0/s1. The minimum absolute atomic E-state index is 0.00323. The number of amides is 1. The van der Waals surface area contributed by atoms with Crippen LogP contribution < -0.4 is 15.8 Å². The Morgan fingerprint density at radius 2 is 2.02 bits per heavy atom. The second-order valence-electron chi connectivity index (χ2n) is 10.5. The third kappa shape index (κ3) is 5.49. The number of aromatic nitrogens is 4. The lowest BCUT2D eigenvalue weighted by Gasteiger charge is -2.24. The van der Waals surface area contributed by atoms with E-state index >= 15 is 4.39 Å². The maximum Gasteiger partial charge on any atom is 0.264 e. The molecule has 13 heteroatoms. The van der Waals surface area contributed by atoms with Gasteiger partial charge in [0.05, 0.1) is 18.0 Å². The summed E-state index contributed by atoms with van der Waals surface area (Å²) < 4.78 is 50.1. The zero-order chi connectivity index (χ0) is 30.1. The van der Waals surface area contributed by atoms with Gasteiger partial charge in [0.1, 0.15) is 41.0 Å². The van der Waals surface area contributed by atoms with Crippen LogP contribution in [0.15, 0.2) is 54.4 Å². The number of anilines is 1. The molecule has 6 rings (SSSR count). The largest absolute Gasteiger partial charge is 0.454 e. The number of nitrogens with two attached hydrogens (primary N) is 1. The van der Waals surface area contributed by atoms with Crippen molar-refractivity contribution in [1.82, 2.24) is 30.0 Å². The summed E-state index contributed by atoms with van der Waals surface area (Å²) in [6.45, 7) is 1.58. The van der Waals surface area contributed by atoms with E-state index in [0.717, 1.165) is 37.9 Å². The molecule has 0 saturated carbocycles. The Hall–Kier alpha value is -4.96. The first-order valence-corrected chi connectivity index (χ1v) is 13.9. The summed E-state index contributed by atoms with van der Waals surface area (Å²) in [6, 6.07) is 9.08. The van der Waals surface area contributed by atoms with Crippen LogP contribution in [0.1, 0.15) is 25.7 Å². The molecule has 0 spiro atoms. The monoisotopic (exact) mass is 588 g/mol. The summed E-state index contributed by atoms with van der Waals surface area (Å²) in [4.78, 5) is 23.5. The summed E-state index contributed by atoms with van der Waals surface area (Å²) in [6.07, 6.45) is 6.28. The fourth-order valence-electron chi connectivity index (χ4n) is 5.65. The minimum atomic E-state index is -1.19. The molecule has 220 valence electrons. The van der Waals surface area contributed by atoms with Crippen LogP contribution in [0.3, 0.4) is 0 Å². The minimum Gasteiger partial charge on any atom is -0.454 e. The highest BCUT2D eigenvalue weighted by Crippen LogP contribution is 2.35. The number of rotatable bonds is 7. The van der Waals surface area contributed by atoms with Crippen molar-refractivity contribution in [3.63, 3.8) is 0 Å². The summed E-state index contributed by atoms with van der Waals surface area (Å²) in [7, 11) is 0. The smallest absolute Gasteiger partial charge is 0.264 e. The normalized spacial score (nSPS) is 18.7. The molecular weight excluding hydrogens is 561 g/mol. The molecule has 3 N–H and O–H groups in total. The van der Waals surface area contributed by atoms with Gasteiger partial charge in [0.15, 0.2) is 17.2 Å². The first-order chi connectivity index (χ1) is 20.8. The molecule has 0 aliphatic carbocycles. The molecule has 4 aromatic rings. The van der Waals surface area contributed by atoms with Crippen LogP contribution in [-0.2, 0) is 11.3 Å². The molecule has 2 aliphatic rings. The lowest BCUT2D eigenvalue weighted by atomic mass is 10.1. The van der Waals surface area contributed by atoms with E-state index in [-0.39, 0.29) is 58.7 Å². The van der Waals surface area contributed by atoms with Gasteiger partial charge < -0.3 is 20.7 Å². The number of carbonyl (C=O) groups is 1. The van der Waals surface area contributed by atoms with E-state index in [2.05, 4.69) is 26.5 Å². The summed E-state index contributed by atoms with van der Waals surface area (Å²) in [5.74, 6) is -3.70. The van der Waals surface area contributed by atoms with E-state index in [0.29, 0.717) is 24.0 Å². The molecule has 2 aromatic heterocycles. The lowest BCUT2D eigenvalue weighted by molar-refractivity contribution is -0.127. The highest BCUT2D eigenvalue weighted by atomic mass is 19.2. The third-order valence-corrected chi connectivity index (χ3v) is 7.74. The summed E-state index contributed by atoms with van der Waals surface area (Å²) >= 11 is 0. The molecule has 0 bridgehead atoms. The van der Waals surface area contributed by atoms with Gasteiger partial charge in [-0.3, -0.25) is 4.79 Å². The van der Waals surface area contributed by atoms with Crippen molar-refractivity contribution in [2.24, 2.45) is 0 Å². The first-order valence-electron chi connectivity index (χ1n) is 13.9. The molecule has 2 fully saturated rings. The molecular formula is C30H27F3N8O2. The highest BCUT2D eigenvalue weighted by Gasteiger charge is 2.33. The Morgan fingerprint density at radius 3 is 2.79 bits per heavy atom. The number of halogens is 3. The second kappa shape index (κ2) is 11.7. The van der Waals surface area contributed by atoms with Crippen LogP contribution >= 0.6 is 0 Å². The second-order valence-corrected chi connectivity index (χ2v) is 10.5. The Bertz CT molecular complexity index is 1780. The molecule has 0 radical (unpaired) electrons. The van der Waals surface area contributed by atoms with E-state index in [4.69, 9.17) is 10.5 Å². The van der Waals surface area contributed by atoms with E-state index in [9.17, 15) is 18.8 Å². The quantitative estimate of drug-likeness (QED) is 0.238. The number of carbonyl (C=O) groups excluding carboxylic acids is 1. The Balaban J connectivity index is 1.30. The van der Waals surface area contributed by atoms with E-state index in [1.54, 1.807) is 15.7 Å². The van der Waals surface area contributed by atoms with Gasteiger partial charge in [0.2, 0.25) is 5.82 Å². The van der Waals surface area contributed by atoms with Gasteiger partial charge in [0, 0.05) is 24.2 Å². The van der Waals surface area contributed by atoms with Crippen LogP contribution in [0, 0.1) is 28.8 Å². The fourth-order valence-corrected chi connectivity index (χ4v) is 5.65. The Labute approximate surface area is 244 Å². The van der Waals surface area contributed by atoms with Gasteiger partial charge in [-0.2, -0.15) is 14.8 Å². The van der Waals surface area contributed by atoms with Crippen molar-refractivity contribution in [2.45, 2.75) is 44.3 Å². The Morgan fingerprint density at radius 1 is 1.16 bits per heavy atom. The molecule has 10 nitrogen and oxygen atoms in total. The van der Waals surface area contributed by atoms with E-state index in [1.165, 1.54) is 30.6 Å². The van der Waals surface area contributed by atoms with Gasteiger partial charge >= 0.3 is 0 Å². The van der Waals surface area contributed by atoms with Gasteiger partial charge in [-0.15, -0.1) is 0 Å². The molecule has 2 atom stereocenters. The van der Waals surface area contributed by atoms with Gasteiger partial charge in [-0.25, -0.2) is 23.4 Å². The SMILES string of the molecule is N#C/C(=C\C1CCCN1)C(=O)N1CCC[C@H]1Cn1nc(-c2ccc(Oc3cccc(F)c3F)cc2F)c2c(N)ncnc21. The van der Waals surface area contributed by atoms with Crippen molar-refractivity contribution in [3.8, 4) is 28.8 Å². The van der Waals surface area contributed by atoms with Crippen molar-refractivity contribution in [2.75, 3.05) is 18.8 Å². The van der Waals surface area contributed by atoms with Gasteiger partial charge in [0.25, 0.3) is 5.91 Å². The van der Waals surface area contributed by atoms with Crippen molar-refractivity contribution >= 4 is 22.8 Å². The number of ether oxygens (including phenoxy) is 1. The van der Waals surface area contributed by atoms with Gasteiger partial charge in [-0.1, -0.05) is 6.07 Å². The number of benzene rings is 2. The maximum atomic E-state index is 15.5. The number of nitrogen functional groups attached to an aromatic ring is 1. The average molecular weight is 589 g/mol. The predicted octanol–water partition coefficient (Wildman–Crippen LogP) is 4.48. The summed E-state index contributed by atoms with van der Waals surface area (Å²) in [5, 5.41) is 18.0. The summed E-state index contributed by atoms with van der Waals surface area (Å²) in [5.41, 5.74) is 6.90. The zero-order valence-electron chi connectivity index (χ0n) is 22.9. The van der Waals surface area contributed by atoms with E-state index in [1.807, 2.05) is 0 Å².